The predicted molar refractivity (Wildman–Crippen MR) is 93.0 cm³/mol. The summed E-state index contributed by atoms with van der Waals surface area (Å²) in [6, 6.07) is 3.98. The van der Waals surface area contributed by atoms with E-state index in [9.17, 15) is 4.79 Å². The summed E-state index contributed by atoms with van der Waals surface area (Å²) in [7, 11) is 1.40. The molecule has 4 rings (SSSR count). The van der Waals surface area contributed by atoms with Gasteiger partial charge in [-0.05, 0) is 63.5 Å². The standard InChI is InChI=1S/C18H24BNO4/c1-17(2)18(3,4)24-19(23-17)12-8-9-13-16(15(12)11-6-7-11)22-10-14(21)20(13)5/h8-9,11H,6-7,10H2,1-5H3. The van der Waals surface area contributed by atoms with Gasteiger partial charge in [-0.3, -0.25) is 4.79 Å². The van der Waals surface area contributed by atoms with Crippen molar-refractivity contribution in [2.24, 2.45) is 0 Å². The van der Waals surface area contributed by atoms with Gasteiger partial charge in [-0.2, -0.15) is 0 Å². The third-order valence-electron chi connectivity index (χ3n) is 5.78. The van der Waals surface area contributed by atoms with Crippen molar-refractivity contribution >= 4 is 24.2 Å². The number of amides is 1. The van der Waals surface area contributed by atoms with E-state index in [2.05, 4.69) is 27.7 Å². The van der Waals surface area contributed by atoms with Crippen LogP contribution >= 0.6 is 0 Å². The van der Waals surface area contributed by atoms with Crippen LogP contribution in [-0.4, -0.2) is 37.9 Å². The van der Waals surface area contributed by atoms with Crippen molar-refractivity contribution < 1.29 is 18.8 Å². The van der Waals surface area contributed by atoms with Crippen LogP contribution in [0.1, 0.15) is 52.0 Å². The highest BCUT2D eigenvalue weighted by atomic mass is 16.7. The van der Waals surface area contributed by atoms with Crippen LogP contribution in [0.15, 0.2) is 12.1 Å². The number of hydrogen-bond acceptors (Lipinski definition) is 4. The third kappa shape index (κ3) is 2.27. The maximum absolute atomic E-state index is 11.9. The lowest BCUT2D eigenvalue weighted by Crippen LogP contribution is -2.41. The van der Waals surface area contributed by atoms with Crippen LogP contribution in [0.4, 0.5) is 5.69 Å². The van der Waals surface area contributed by atoms with E-state index in [0.717, 1.165) is 35.3 Å². The summed E-state index contributed by atoms with van der Waals surface area (Å²) in [5.74, 6) is 1.27. The van der Waals surface area contributed by atoms with Gasteiger partial charge in [0.05, 0.1) is 16.9 Å². The molecule has 24 heavy (non-hydrogen) atoms. The van der Waals surface area contributed by atoms with Gasteiger partial charge < -0.3 is 18.9 Å². The largest absolute Gasteiger partial charge is 0.495 e. The summed E-state index contributed by atoms with van der Waals surface area (Å²) < 4.78 is 18.3. The van der Waals surface area contributed by atoms with Gasteiger partial charge in [0.1, 0.15) is 5.75 Å². The first-order valence-electron chi connectivity index (χ1n) is 8.63. The fourth-order valence-electron chi connectivity index (χ4n) is 3.35. The Hall–Kier alpha value is -1.53. The monoisotopic (exact) mass is 329 g/mol. The fraction of sp³-hybridized carbons (Fsp3) is 0.611. The third-order valence-corrected chi connectivity index (χ3v) is 5.78. The molecule has 1 aromatic rings. The Kier molecular flexibility index (Phi) is 3.32. The lowest BCUT2D eigenvalue weighted by atomic mass is 9.74. The van der Waals surface area contributed by atoms with Crippen LogP contribution in [0.5, 0.6) is 5.75 Å². The molecule has 0 radical (unpaired) electrons. The zero-order valence-electron chi connectivity index (χ0n) is 15.0. The highest BCUT2D eigenvalue weighted by molar-refractivity contribution is 6.63. The Balaban J connectivity index is 1.79. The molecule has 0 N–H and O–H groups in total. The summed E-state index contributed by atoms with van der Waals surface area (Å²) in [5, 5.41) is 0. The van der Waals surface area contributed by atoms with Gasteiger partial charge in [0.25, 0.3) is 5.91 Å². The van der Waals surface area contributed by atoms with Gasteiger partial charge in [-0.25, -0.2) is 0 Å². The molecule has 0 aromatic heterocycles. The first-order valence-corrected chi connectivity index (χ1v) is 8.63. The maximum atomic E-state index is 11.9. The van der Waals surface area contributed by atoms with Crippen LogP contribution in [-0.2, 0) is 14.1 Å². The molecule has 2 aliphatic heterocycles. The molecule has 1 aliphatic carbocycles. The average molecular weight is 329 g/mol. The van der Waals surface area contributed by atoms with Crippen molar-refractivity contribution in [3.8, 4) is 5.75 Å². The van der Waals surface area contributed by atoms with Crippen molar-refractivity contribution in [3.63, 3.8) is 0 Å². The van der Waals surface area contributed by atoms with E-state index in [0.29, 0.717) is 5.92 Å². The van der Waals surface area contributed by atoms with Crippen molar-refractivity contribution in [2.75, 3.05) is 18.6 Å². The Labute approximate surface area is 143 Å². The Bertz CT molecular complexity index is 695. The number of ether oxygens (including phenoxy) is 1. The van der Waals surface area contributed by atoms with E-state index in [1.807, 2.05) is 12.1 Å². The smallest absolute Gasteiger partial charge is 0.481 e. The fourth-order valence-corrected chi connectivity index (χ4v) is 3.35. The van der Waals surface area contributed by atoms with Gasteiger partial charge in [0, 0.05) is 7.05 Å². The van der Waals surface area contributed by atoms with Gasteiger partial charge in [-0.1, -0.05) is 6.07 Å². The molecule has 2 fully saturated rings. The van der Waals surface area contributed by atoms with E-state index >= 15 is 0 Å². The lowest BCUT2D eigenvalue weighted by molar-refractivity contribution is -0.121. The number of nitrogens with zero attached hydrogens (tertiary/aromatic N) is 1. The van der Waals surface area contributed by atoms with Crippen molar-refractivity contribution in [1.29, 1.82) is 0 Å². The number of likely N-dealkylation sites (N-methyl/N-ethyl adjacent to an activating group) is 1. The highest BCUT2D eigenvalue weighted by Gasteiger charge is 2.53. The molecule has 1 saturated heterocycles. The van der Waals surface area contributed by atoms with Crippen LogP contribution in [0.2, 0.25) is 0 Å². The topological polar surface area (TPSA) is 48.0 Å². The molecule has 0 spiro atoms. The minimum absolute atomic E-state index is 0.0207. The molecule has 0 unspecified atom stereocenters. The zero-order valence-corrected chi connectivity index (χ0v) is 15.0. The van der Waals surface area contributed by atoms with Crippen molar-refractivity contribution in [1.82, 2.24) is 0 Å². The molecule has 1 aromatic carbocycles. The molecule has 6 heteroatoms. The van der Waals surface area contributed by atoms with E-state index in [4.69, 9.17) is 14.0 Å². The molecule has 0 bridgehead atoms. The second-order valence-corrected chi connectivity index (χ2v) is 8.02. The van der Waals surface area contributed by atoms with Gasteiger partial charge in [0.15, 0.2) is 6.61 Å². The Morgan fingerprint density at radius 2 is 1.75 bits per heavy atom. The summed E-state index contributed by atoms with van der Waals surface area (Å²) >= 11 is 0. The molecule has 5 nitrogen and oxygen atoms in total. The quantitative estimate of drug-likeness (QED) is 0.781. The SMILES string of the molecule is CN1C(=O)COc2c1ccc(B1OC(C)(C)C(C)(C)O1)c2C1CC1. The number of fused-ring (bicyclic) bond motifs is 1. The van der Waals surface area contributed by atoms with E-state index in [-0.39, 0.29) is 23.7 Å². The summed E-state index contributed by atoms with van der Waals surface area (Å²) in [6.45, 7) is 8.34. The highest BCUT2D eigenvalue weighted by Crippen LogP contribution is 2.48. The molecular formula is C18H24BNO4. The second kappa shape index (κ2) is 4.99. The molecule has 2 heterocycles. The van der Waals surface area contributed by atoms with Crippen LogP contribution in [0.25, 0.3) is 0 Å². The molecule has 1 saturated carbocycles. The average Bonchev–Trinajstić information content (AvgIpc) is 3.30. The number of benzene rings is 1. The summed E-state index contributed by atoms with van der Waals surface area (Å²) in [5.41, 5.74) is 2.29. The number of hydrogen-bond donors (Lipinski definition) is 0. The lowest BCUT2D eigenvalue weighted by Gasteiger charge is -2.32. The maximum Gasteiger partial charge on any atom is 0.495 e. The molecular weight excluding hydrogens is 305 g/mol. The van der Waals surface area contributed by atoms with Gasteiger partial charge >= 0.3 is 7.12 Å². The van der Waals surface area contributed by atoms with E-state index in [1.54, 1.807) is 11.9 Å². The number of rotatable bonds is 2. The minimum Gasteiger partial charge on any atom is -0.481 e. The van der Waals surface area contributed by atoms with Gasteiger partial charge in [-0.15, -0.1) is 0 Å². The first kappa shape index (κ1) is 16.0. The first-order chi connectivity index (χ1) is 11.2. The molecule has 3 aliphatic rings. The van der Waals surface area contributed by atoms with Crippen molar-refractivity contribution in [2.45, 2.75) is 57.7 Å². The molecule has 0 atom stereocenters. The zero-order chi connectivity index (χ0) is 17.3. The summed E-state index contributed by atoms with van der Waals surface area (Å²) in [4.78, 5) is 13.6. The second-order valence-electron chi connectivity index (χ2n) is 8.02. The van der Waals surface area contributed by atoms with Gasteiger partial charge in [0.2, 0.25) is 0 Å². The molecule has 1 amide bonds. The number of anilines is 1. The van der Waals surface area contributed by atoms with Crippen LogP contribution < -0.4 is 15.1 Å². The van der Waals surface area contributed by atoms with Crippen molar-refractivity contribution in [3.05, 3.63) is 17.7 Å². The Morgan fingerprint density at radius 3 is 2.33 bits per heavy atom. The minimum atomic E-state index is -0.401. The predicted octanol–water partition coefficient (Wildman–Crippen LogP) is 2.22. The van der Waals surface area contributed by atoms with Crippen LogP contribution in [0.3, 0.4) is 0 Å². The molecule has 128 valence electrons. The van der Waals surface area contributed by atoms with E-state index in [1.165, 1.54) is 0 Å². The normalized spacial score (nSPS) is 24.8. The number of carbonyl (C=O) groups is 1. The number of carbonyl (C=O) groups excluding carboxylic acids is 1. The van der Waals surface area contributed by atoms with Crippen LogP contribution in [0, 0.1) is 0 Å². The Morgan fingerprint density at radius 1 is 1.12 bits per heavy atom. The summed E-state index contributed by atoms with van der Waals surface area (Å²) in [6.07, 6.45) is 2.29. The van der Waals surface area contributed by atoms with E-state index < -0.39 is 7.12 Å².